The van der Waals surface area contributed by atoms with Gasteiger partial charge in [-0.05, 0) is 50.3 Å². The Labute approximate surface area is 132 Å². The standard InChI is InChI=1S/C18H24N4/c1-13-6-4-8-16(10-13)20-18-19-15(3)11-17(21-18)22-9-5-7-14(2)12-22/h4,6,8,10-11,14H,5,7,9,12H2,1-3H3,(H,19,20,21). The molecule has 2 heterocycles. The molecule has 1 atom stereocenters. The van der Waals surface area contributed by atoms with Crippen LogP contribution in [0.25, 0.3) is 0 Å². The first-order chi connectivity index (χ1) is 10.6. The van der Waals surface area contributed by atoms with Crippen molar-refractivity contribution in [3.05, 3.63) is 41.6 Å². The van der Waals surface area contributed by atoms with Gasteiger partial charge in [0.2, 0.25) is 5.95 Å². The maximum absolute atomic E-state index is 4.72. The molecule has 4 nitrogen and oxygen atoms in total. The molecule has 0 saturated carbocycles. The number of anilines is 3. The van der Waals surface area contributed by atoms with Gasteiger partial charge in [0, 0.05) is 30.5 Å². The summed E-state index contributed by atoms with van der Waals surface area (Å²) in [6.45, 7) is 8.60. The molecule has 3 rings (SSSR count). The second kappa shape index (κ2) is 6.34. The van der Waals surface area contributed by atoms with Gasteiger partial charge in [-0.25, -0.2) is 4.98 Å². The van der Waals surface area contributed by atoms with Gasteiger partial charge in [-0.1, -0.05) is 19.1 Å². The lowest BCUT2D eigenvalue weighted by molar-refractivity contribution is 0.444. The van der Waals surface area contributed by atoms with Gasteiger partial charge in [0.25, 0.3) is 0 Å². The highest BCUT2D eigenvalue weighted by molar-refractivity contribution is 5.56. The van der Waals surface area contributed by atoms with Crippen LogP contribution in [0.2, 0.25) is 0 Å². The van der Waals surface area contributed by atoms with Crippen molar-refractivity contribution in [2.45, 2.75) is 33.6 Å². The lowest BCUT2D eigenvalue weighted by atomic mass is 10.0. The van der Waals surface area contributed by atoms with E-state index in [4.69, 9.17) is 4.98 Å². The largest absolute Gasteiger partial charge is 0.356 e. The maximum Gasteiger partial charge on any atom is 0.229 e. The molecule has 1 aliphatic heterocycles. The molecule has 0 amide bonds. The molecule has 1 aromatic heterocycles. The van der Waals surface area contributed by atoms with Gasteiger partial charge < -0.3 is 10.2 Å². The number of hydrogen-bond acceptors (Lipinski definition) is 4. The van der Waals surface area contributed by atoms with Gasteiger partial charge in [0.15, 0.2) is 0 Å². The van der Waals surface area contributed by atoms with Crippen LogP contribution in [0.3, 0.4) is 0 Å². The van der Waals surface area contributed by atoms with Crippen LogP contribution < -0.4 is 10.2 Å². The predicted molar refractivity (Wildman–Crippen MR) is 91.8 cm³/mol. The number of benzene rings is 1. The van der Waals surface area contributed by atoms with Crippen LogP contribution in [-0.2, 0) is 0 Å². The zero-order chi connectivity index (χ0) is 15.5. The minimum absolute atomic E-state index is 0.679. The summed E-state index contributed by atoms with van der Waals surface area (Å²) in [5.74, 6) is 2.45. The molecule has 0 bridgehead atoms. The summed E-state index contributed by atoms with van der Waals surface area (Å²) >= 11 is 0. The van der Waals surface area contributed by atoms with E-state index in [0.29, 0.717) is 5.95 Å². The average molecular weight is 296 g/mol. The number of piperidine rings is 1. The van der Waals surface area contributed by atoms with Gasteiger partial charge in [-0.2, -0.15) is 4.98 Å². The van der Waals surface area contributed by atoms with Crippen LogP contribution in [0.5, 0.6) is 0 Å². The number of nitrogens with one attached hydrogen (secondary N) is 1. The minimum atomic E-state index is 0.679. The number of rotatable bonds is 3. The molecule has 2 aromatic rings. The van der Waals surface area contributed by atoms with Crippen LogP contribution in [0, 0.1) is 19.8 Å². The fourth-order valence-electron chi connectivity index (χ4n) is 3.02. The molecule has 1 N–H and O–H groups in total. The Morgan fingerprint density at radius 2 is 2.05 bits per heavy atom. The topological polar surface area (TPSA) is 41.1 Å². The second-order valence-corrected chi connectivity index (χ2v) is 6.38. The van der Waals surface area contributed by atoms with Crippen molar-refractivity contribution in [3.63, 3.8) is 0 Å². The molecular weight excluding hydrogens is 272 g/mol. The van der Waals surface area contributed by atoms with Crippen LogP contribution in [0.15, 0.2) is 30.3 Å². The third kappa shape index (κ3) is 3.56. The Balaban J connectivity index is 1.83. The Morgan fingerprint density at radius 1 is 1.18 bits per heavy atom. The van der Waals surface area contributed by atoms with E-state index in [9.17, 15) is 0 Å². The molecule has 1 aromatic carbocycles. The Morgan fingerprint density at radius 3 is 2.82 bits per heavy atom. The van der Waals surface area contributed by atoms with E-state index in [0.717, 1.165) is 36.2 Å². The van der Waals surface area contributed by atoms with E-state index >= 15 is 0 Å². The van der Waals surface area contributed by atoms with Crippen LogP contribution in [0.1, 0.15) is 31.0 Å². The molecule has 0 radical (unpaired) electrons. The van der Waals surface area contributed by atoms with Gasteiger partial charge in [0.1, 0.15) is 5.82 Å². The molecule has 116 valence electrons. The maximum atomic E-state index is 4.72. The third-order valence-electron chi connectivity index (χ3n) is 4.10. The molecule has 0 aliphatic carbocycles. The van der Waals surface area contributed by atoms with Gasteiger partial charge in [-0.3, -0.25) is 0 Å². The lowest BCUT2D eigenvalue weighted by Gasteiger charge is -2.32. The van der Waals surface area contributed by atoms with Crippen LogP contribution in [0.4, 0.5) is 17.5 Å². The van der Waals surface area contributed by atoms with E-state index in [-0.39, 0.29) is 0 Å². The summed E-state index contributed by atoms with van der Waals surface area (Å²) in [6.07, 6.45) is 2.56. The number of nitrogens with zero attached hydrogens (tertiary/aromatic N) is 3. The summed E-state index contributed by atoms with van der Waals surface area (Å²) in [4.78, 5) is 11.6. The third-order valence-corrected chi connectivity index (χ3v) is 4.10. The van der Waals surface area contributed by atoms with Gasteiger partial charge in [0.05, 0.1) is 0 Å². The second-order valence-electron chi connectivity index (χ2n) is 6.38. The summed E-state index contributed by atoms with van der Waals surface area (Å²) < 4.78 is 0. The Hall–Kier alpha value is -2.10. The van der Waals surface area contributed by atoms with Crippen molar-refractivity contribution in [2.75, 3.05) is 23.3 Å². The van der Waals surface area contributed by atoms with E-state index < -0.39 is 0 Å². The van der Waals surface area contributed by atoms with Crippen molar-refractivity contribution < 1.29 is 0 Å². The number of aromatic nitrogens is 2. The summed E-state index contributed by atoms with van der Waals surface area (Å²) in [6, 6.07) is 10.4. The van der Waals surface area contributed by atoms with Crippen molar-refractivity contribution in [1.29, 1.82) is 0 Å². The normalized spacial score (nSPS) is 18.3. The van der Waals surface area contributed by atoms with E-state index in [1.54, 1.807) is 0 Å². The lowest BCUT2D eigenvalue weighted by Crippen LogP contribution is -2.35. The minimum Gasteiger partial charge on any atom is -0.356 e. The SMILES string of the molecule is Cc1cccc(Nc2nc(C)cc(N3CCCC(C)C3)n2)c1. The quantitative estimate of drug-likeness (QED) is 0.927. The zero-order valence-corrected chi connectivity index (χ0v) is 13.6. The molecule has 1 saturated heterocycles. The fraction of sp³-hybridized carbons (Fsp3) is 0.444. The van der Waals surface area contributed by atoms with Gasteiger partial charge in [-0.15, -0.1) is 0 Å². The van der Waals surface area contributed by atoms with Crippen molar-refractivity contribution >= 4 is 17.5 Å². The monoisotopic (exact) mass is 296 g/mol. The Bertz CT molecular complexity index is 653. The van der Waals surface area contributed by atoms with Crippen LogP contribution in [-0.4, -0.2) is 23.1 Å². The zero-order valence-electron chi connectivity index (χ0n) is 13.6. The van der Waals surface area contributed by atoms with Crippen molar-refractivity contribution in [2.24, 2.45) is 5.92 Å². The fourth-order valence-corrected chi connectivity index (χ4v) is 3.02. The summed E-state index contributed by atoms with van der Waals surface area (Å²) in [5, 5.41) is 3.33. The predicted octanol–water partition coefficient (Wildman–Crippen LogP) is 4.07. The highest BCUT2D eigenvalue weighted by Gasteiger charge is 2.18. The first-order valence-corrected chi connectivity index (χ1v) is 8.04. The van der Waals surface area contributed by atoms with Gasteiger partial charge >= 0.3 is 0 Å². The smallest absolute Gasteiger partial charge is 0.229 e. The molecule has 1 fully saturated rings. The van der Waals surface area contributed by atoms with E-state index in [1.165, 1.54) is 18.4 Å². The average Bonchev–Trinajstić information content (AvgIpc) is 2.46. The van der Waals surface area contributed by atoms with Crippen molar-refractivity contribution in [3.8, 4) is 0 Å². The molecular formula is C18H24N4. The first-order valence-electron chi connectivity index (χ1n) is 8.04. The Kier molecular flexibility index (Phi) is 4.27. The molecule has 1 unspecified atom stereocenters. The van der Waals surface area contributed by atoms with Crippen molar-refractivity contribution in [1.82, 2.24) is 9.97 Å². The summed E-state index contributed by atoms with van der Waals surface area (Å²) in [5.41, 5.74) is 3.25. The highest BCUT2D eigenvalue weighted by atomic mass is 15.2. The number of hydrogen-bond donors (Lipinski definition) is 1. The van der Waals surface area contributed by atoms with E-state index in [1.807, 2.05) is 19.1 Å². The molecule has 22 heavy (non-hydrogen) atoms. The molecule has 0 spiro atoms. The first kappa shape index (κ1) is 14.8. The van der Waals surface area contributed by atoms with Crippen LogP contribution >= 0.6 is 0 Å². The molecule has 1 aliphatic rings. The number of aryl methyl sites for hydroxylation is 2. The van der Waals surface area contributed by atoms with E-state index in [2.05, 4.69) is 47.2 Å². The highest BCUT2D eigenvalue weighted by Crippen LogP contribution is 2.23. The molecule has 4 heteroatoms. The summed E-state index contributed by atoms with van der Waals surface area (Å²) in [7, 11) is 0.